The molecule has 8 rings (SSSR count). The Bertz CT molecular complexity index is 4340. The average molecular weight is 2030 g/mol. The molecule has 21 nitrogen and oxygen atoms in total. The van der Waals surface area contributed by atoms with Crippen molar-refractivity contribution in [3.05, 3.63) is 180 Å². The minimum Gasteiger partial charge on any atom is -0.508 e. The summed E-state index contributed by atoms with van der Waals surface area (Å²) in [5, 5.41) is 38.1. The zero-order valence-electron chi connectivity index (χ0n) is 74.8. The normalized spacial score (nSPS) is 13.4. The lowest BCUT2D eigenvalue weighted by Crippen LogP contribution is -2.46. The SMILES string of the molecule is BrB(Br)Br.C.CCCCB(O)O.CCCCc1ccc(O)cc1CCCC.CCCCc1ccc(OC)cc1CCCC.CCCCc1ccc(Oc2nc(C)c(C(=O)C[C@@H](CCN)C(=O)N(C)[C@@H]3C(=O)C[C@@H](C)C(=O)N[C@H](C(=O)CCC#N)Cc4ccc(OCCN)c(c4)-c4cc3ccc4OCCN)c(C)n2)cc1CCCC.COc1ccc(Br)c(Br)c1. The molecular formula is C96H139B2Br5N8O13. The Balaban J connectivity index is 0.000000777. The number of fused-ring (bicyclic) bond motifs is 5. The number of rotatable bonds is 41. The highest BCUT2D eigenvalue weighted by atomic mass is 79.9. The van der Waals surface area contributed by atoms with Gasteiger partial charge in [0.25, 0.3) is 0 Å². The van der Waals surface area contributed by atoms with Crippen molar-refractivity contribution in [2.24, 2.45) is 29.0 Å². The molecule has 0 saturated heterocycles. The number of hydrogen-bond donors (Lipinski definition) is 7. The number of ether oxygens (including phenoxy) is 5. The number of phenols is 1. The first-order valence-corrected chi connectivity index (χ1v) is 47.9. The predicted octanol–water partition coefficient (Wildman–Crippen LogP) is 21.9. The largest absolute Gasteiger partial charge is 0.508 e. The topological polar surface area (TPSA) is 335 Å². The van der Waals surface area contributed by atoms with Crippen LogP contribution < -0.4 is 46.2 Å². The summed E-state index contributed by atoms with van der Waals surface area (Å²) in [5.74, 6) is -0.408. The second kappa shape index (κ2) is 64.7. The number of halogens is 5. The number of nitrogens with two attached hydrogens (primary N) is 3. The summed E-state index contributed by atoms with van der Waals surface area (Å²) in [7, 11) is 3.79. The monoisotopic (exact) mass is 2030 g/mol. The highest BCUT2D eigenvalue weighted by Crippen LogP contribution is 2.42. The van der Waals surface area contributed by atoms with Gasteiger partial charge in [0, 0.05) is 77.7 Å². The molecule has 0 spiro atoms. The summed E-state index contributed by atoms with van der Waals surface area (Å²) >= 11 is 16.0. The molecule has 0 saturated carbocycles. The van der Waals surface area contributed by atoms with Crippen LogP contribution in [-0.2, 0) is 64.1 Å². The maximum absolute atomic E-state index is 14.9. The third kappa shape index (κ3) is 41.4. The number of aromatic hydroxyl groups is 1. The fourth-order valence-corrected chi connectivity index (χ4v) is 14.4. The molecule has 0 unspecified atom stereocenters. The van der Waals surface area contributed by atoms with Crippen LogP contribution in [-0.4, -0.2) is 130 Å². The number of methoxy groups -OCH3 is 2. The Labute approximate surface area is 783 Å². The molecule has 1 aliphatic rings. The molecule has 0 fully saturated rings. The van der Waals surface area contributed by atoms with Gasteiger partial charge in [0.05, 0.1) is 43.3 Å². The molecule has 1 aromatic heterocycles. The third-order valence-electron chi connectivity index (χ3n) is 20.6. The number of amides is 2. The molecule has 28 heteroatoms. The number of Topliss-reactive ketones (excluding diaryl/α,β-unsaturated/α-hetero) is 3. The van der Waals surface area contributed by atoms with E-state index < -0.39 is 48.6 Å². The Hall–Kier alpha value is -7.03. The Kier molecular flexibility index (Phi) is 58.9. The van der Waals surface area contributed by atoms with Gasteiger partial charge >= 0.3 is 16.3 Å². The first kappa shape index (κ1) is 113. The van der Waals surface area contributed by atoms with Crippen molar-refractivity contribution >= 4 is 119 Å². The summed E-state index contributed by atoms with van der Waals surface area (Å²) in [5.41, 5.74) is 29.3. The van der Waals surface area contributed by atoms with Crippen molar-refractivity contribution in [1.29, 1.82) is 5.26 Å². The molecule has 0 aliphatic carbocycles. The van der Waals surface area contributed by atoms with E-state index in [-0.39, 0.29) is 105 Å². The number of likely N-dealkylation sites (N-methyl/N-ethyl adjacent to an activating group) is 1. The highest BCUT2D eigenvalue weighted by Gasteiger charge is 2.37. The van der Waals surface area contributed by atoms with Crippen LogP contribution in [0.25, 0.3) is 11.1 Å². The van der Waals surface area contributed by atoms with Gasteiger partial charge in [0.15, 0.2) is 17.3 Å². The second-order valence-corrected chi connectivity index (χ2v) is 38.7. The number of hydrogen-bond acceptors (Lipinski definition) is 19. The summed E-state index contributed by atoms with van der Waals surface area (Å²) in [6.07, 6.45) is 22.9. The number of nitriles is 1. The van der Waals surface area contributed by atoms with E-state index in [1.54, 1.807) is 71.4 Å². The minimum atomic E-state index is -1.26. The van der Waals surface area contributed by atoms with Crippen LogP contribution in [0.5, 0.6) is 40.5 Å². The van der Waals surface area contributed by atoms with Crippen LogP contribution in [0.3, 0.4) is 0 Å². The highest BCUT2D eigenvalue weighted by molar-refractivity contribution is 9.69. The molecule has 682 valence electrons. The van der Waals surface area contributed by atoms with Crippen LogP contribution in [0.15, 0.2) is 118 Å². The minimum absolute atomic E-state index is 0. The Morgan fingerprint density at radius 1 is 0.605 bits per heavy atom. The molecule has 2 heterocycles. The number of carbonyl (C=O) groups excluding carboxylic acids is 5. The fraction of sp³-hybridized carbons (Fsp3) is 0.521. The summed E-state index contributed by atoms with van der Waals surface area (Å²) in [4.78, 5) is 81.9. The van der Waals surface area contributed by atoms with Crippen molar-refractivity contribution in [2.45, 2.75) is 262 Å². The van der Waals surface area contributed by atoms with Crippen LogP contribution in [0.1, 0.15) is 257 Å². The number of phenolic OH excluding ortho intramolecular Hbond substituents is 1. The van der Waals surface area contributed by atoms with Crippen molar-refractivity contribution < 1.29 is 62.8 Å². The summed E-state index contributed by atoms with van der Waals surface area (Å²) < 4.78 is 31.1. The average Bonchev–Trinajstić information content (AvgIpc) is 0.772. The van der Waals surface area contributed by atoms with Gasteiger partial charge in [-0.1, -0.05) is 145 Å². The number of aromatic nitrogens is 2. The molecule has 1 aliphatic heterocycles. The molecule has 4 bridgehead atoms. The lowest BCUT2D eigenvalue weighted by molar-refractivity contribution is -0.142. The van der Waals surface area contributed by atoms with Crippen LogP contribution in [0.4, 0.5) is 0 Å². The molecule has 7 aromatic rings. The molecule has 0 radical (unpaired) electrons. The maximum Gasteiger partial charge on any atom is 0.451 e. The number of nitrogens with zero attached hydrogens (tertiary/aromatic N) is 4. The first-order chi connectivity index (χ1) is 59.0. The van der Waals surface area contributed by atoms with Crippen molar-refractivity contribution in [2.75, 3.05) is 54.1 Å². The molecule has 124 heavy (non-hydrogen) atoms. The van der Waals surface area contributed by atoms with Gasteiger partial charge in [-0.25, -0.2) is 0 Å². The van der Waals surface area contributed by atoms with Gasteiger partial charge < -0.3 is 66.3 Å². The molecular weight excluding hydrogens is 1890 g/mol. The predicted molar refractivity (Wildman–Crippen MR) is 525 cm³/mol. The van der Waals surface area contributed by atoms with Crippen molar-refractivity contribution in [3.63, 3.8) is 0 Å². The number of ketones is 3. The van der Waals surface area contributed by atoms with Crippen LogP contribution >= 0.6 is 79.1 Å². The fourth-order valence-electron chi connectivity index (χ4n) is 13.8. The molecule has 4 atom stereocenters. The van der Waals surface area contributed by atoms with Gasteiger partial charge in [-0.2, -0.15) is 15.2 Å². The zero-order valence-corrected chi connectivity index (χ0v) is 82.7. The zero-order chi connectivity index (χ0) is 91.3. The number of aryl methyl sites for hydroxylation is 8. The summed E-state index contributed by atoms with van der Waals surface area (Å²) in [6, 6.07) is 34.5. The van der Waals surface area contributed by atoms with E-state index >= 15 is 0 Å². The van der Waals surface area contributed by atoms with E-state index in [1.165, 1.54) is 110 Å². The van der Waals surface area contributed by atoms with Gasteiger partial charge in [0.2, 0.25) is 11.8 Å². The standard InChI is InChI=1S/C55H72N8O8.C15H24O.C14H22O.C7H6Br2O.C4H11BO2.CH4.BBr3/c1-7-9-12-38-16-18-42(31-39(38)13-10-8-2)71-55-60-35(4)51(36(5)61-55)47(65)33-41(21-23-57)54(68)63(6)52-40-17-20-50(70-27-25-59)44(32-40)43-29-37(15-19-49(43)69-26-24-58)30-45(46(64)14-11-22-56)62-53(67)34(3)28-48(52)66;1-4-6-8-13-10-11-15(16-3)12-14(13)9-7-5-2;1-3-5-7-12-9-10-14(15)11-13(12)8-6-4-2;1-10-5-2-3-6(8)7(9)4-5;1-2-3-4-5(6)7;;2-1(3)4/h15-20,29,31-32,34,41,45,52H,7-14,21,23-28,30,33,57-59H2,1-6H3,(H,62,67);10-12H,4-9H2,1-3H3;9-11,15H,3-8H2,1-2H3;2-4H,1H3;6-7H,2-4H2,1H3;1H4;/t34-,41-,45+,52+;;;;;;/m1....../s1. The first-order valence-electron chi connectivity index (χ1n) is 43.6. The van der Waals surface area contributed by atoms with Crippen molar-refractivity contribution in [1.82, 2.24) is 20.2 Å². The van der Waals surface area contributed by atoms with E-state index in [0.29, 0.717) is 63.0 Å². The Morgan fingerprint density at radius 3 is 1.53 bits per heavy atom. The van der Waals surface area contributed by atoms with E-state index in [4.69, 9.17) is 50.9 Å². The Morgan fingerprint density at radius 2 is 1.06 bits per heavy atom. The summed E-state index contributed by atoms with van der Waals surface area (Å²) in [6.45, 7) is 21.1. The van der Waals surface area contributed by atoms with E-state index in [1.807, 2.05) is 55.5 Å². The number of unbranched alkanes of at least 4 members (excludes halogenated alkanes) is 7. The number of benzene rings is 6. The van der Waals surface area contributed by atoms with E-state index in [9.17, 15) is 34.3 Å². The van der Waals surface area contributed by atoms with Gasteiger partial charge in [-0.3, -0.25) is 24.0 Å². The molecule has 6 aromatic carbocycles. The van der Waals surface area contributed by atoms with Gasteiger partial charge in [-0.15, -0.1) is 47.3 Å². The third-order valence-corrected chi connectivity index (χ3v) is 22.5. The smallest absolute Gasteiger partial charge is 0.451 e. The second-order valence-electron chi connectivity index (χ2n) is 30.5. The van der Waals surface area contributed by atoms with Crippen molar-refractivity contribution in [3.8, 4) is 57.7 Å². The van der Waals surface area contributed by atoms with Crippen LogP contribution in [0, 0.1) is 37.0 Å². The lowest BCUT2D eigenvalue weighted by atomic mass is 9.84. The quantitative estimate of drug-likeness (QED) is 0.0138. The number of nitrogens with one attached hydrogen (secondary N) is 1. The number of carbonyl (C=O) groups is 5. The van der Waals surface area contributed by atoms with Gasteiger partial charge in [0.1, 0.15) is 53.8 Å². The molecule has 10 N–H and O–H groups in total. The lowest BCUT2D eigenvalue weighted by Gasteiger charge is -2.32. The van der Waals surface area contributed by atoms with E-state index in [2.05, 4.69) is 166 Å². The maximum atomic E-state index is 14.9. The van der Waals surface area contributed by atoms with Gasteiger partial charge in [-0.05, 0) is 272 Å². The molecule has 2 amide bonds. The van der Waals surface area contributed by atoms with Crippen LogP contribution in [0.2, 0.25) is 6.32 Å². The van der Waals surface area contributed by atoms with E-state index in [0.717, 1.165) is 84.7 Å².